The summed E-state index contributed by atoms with van der Waals surface area (Å²) in [5.74, 6) is 0. The number of rotatable bonds is 10. The molecule has 0 aliphatic rings. The zero-order valence-corrected chi connectivity index (χ0v) is 11.4. The fraction of sp³-hybridized carbons (Fsp3) is 0.786. The fourth-order valence-electron chi connectivity index (χ4n) is 2.09. The molecule has 0 fully saturated rings. The number of imidazole rings is 1. The van der Waals surface area contributed by atoms with E-state index in [2.05, 4.69) is 28.7 Å². The van der Waals surface area contributed by atoms with Crippen LogP contribution in [0.2, 0.25) is 0 Å². The van der Waals surface area contributed by atoms with Crippen molar-refractivity contribution in [3.8, 4) is 0 Å². The van der Waals surface area contributed by atoms with Gasteiger partial charge in [0.05, 0.1) is 12.5 Å². The van der Waals surface area contributed by atoms with Gasteiger partial charge in [-0.3, -0.25) is 5.32 Å². The van der Waals surface area contributed by atoms with E-state index in [0.29, 0.717) is 6.17 Å². The molecule has 1 heterocycles. The van der Waals surface area contributed by atoms with E-state index in [-0.39, 0.29) is 0 Å². The molecule has 0 aromatic carbocycles. The Balaban J connectivity index is 2.04. The van der Waals surface area contributed by atoms with Crippen molar-refractivity contribution < 1.29 is 0 Å². The maximum atomic E-state index is 4.09. The Bertz CT molecular complexity index is 256. The van der Waals surface area contributed by atoms with Gasteiger partial charge in [-0.25, -0.2) is 4.98 Å². The maximum Gasteiger partial charge on any atom is 0.0959 e. The third kappa shape index (κ3) is 5.87. The Morgan fingerprint density at radius 2 is 1.88 bits per heavy atom. The normalized spacial score (nSPS) is 12.8. The van der Waals surface area contributed by atoms with Crippen molar-refractivity contribution in [3.63, 3.8) is 0 Å². The highest BCUT2D eigenvalue weighted by Gasteiger charge is 2.05. The van der Waals surface area contributed by atoms with Crippen molar-refractivity contribution in [2.45, 2.75) is 65.0 Å². The van der Waals surface area contributed by atoms with Crippen LogP contribution >= 0.6 is 0 Å². The summed E-state index contributed by atoms with van der Waals surface area (Å²) in [6, 6.07) is 0. The lowest BCUT2D eigenvalue weighted by Crippen LogP contribution is -2.26. The molecule has 1 rings (SSSR count). The Kier molecular flexibility index (Phi) is 7.72. The fourth-order valence-corrected chi connectivity index (χ4v) is 2.09. The molecule has 3 nitrogen and oxygen atoms in total. The van der Waals surface area contributed by atoms with Crippen molar-refractivity contribution >= 4 is 0 Å². The summed E-state index contributed by atoms with van der Waals surface area (Å²) in [4.78, 5) is 4.09. The molecule has 0 radical (unpaired) electrons. The predicted octanol–water partition coefficient (Wildman–Crippen LogP) is 3.74. The lowest BCUT2D eigenvalue weighted by Gasteiger charge is -2.18. The first-order valence-corrected chi connectivity index (χ1v) is 7.09. The van der Waals surface area contributed by atoms with Crippen LogP contribution in [0.1, 0.15) is 65.0 Å². The van der Waals surface area contributed by atoms with E-state index in [0.717, 1.165) is 13.0 Å². The average molecular weight is 237 g/mol. The molecule has 1 N–H and O–H groups in total. The van der Waals surface area contributed by atoms with Crippen LogP contribution in [0.15, 0.2) is 18.7 Å². The molecule has 1 aromatic rings. The zero-order valence-electron chi connectivity index (χ0n) is 11.4. The largest absolute Gasteiger partial charge is 0.321 e. The second-order valence-electron chi connectivity index (χ2n) is 4.66. The summed E-state index contributed by atoms with van der Waals surface area (Å²) in [7, 11) is 0. The third-order valence-electron chi connectivity index (χ3n) is 3.18. The number of aromatic nitrogens is 2. The van der Waals surface area contributed by atoms with E-state index in [1.165, 1.54) is 38.5 Å². The lowest BCUT2D eigenvalue weighted by molar-refractivity contribution is 0.384. The van der Waals surface area contributed by atoms with Crippen molar-refractivity contribution in [3.05, 3.63) is 18.7 Å². The minimum atomic E-state index is 0.410. The number of unbranched alkanes of at least 4 members (excludes halogenated alkanes) is 5. The standard InChI is InChI=1S/C14H27N3/c1-3-5-6-7-8-9-10-16-14(4-2)17-12-11-15-13-17/h11-14,16H,3-10H2,1-2H3. The van der Waals surface area contributed by atoms with Crippen LogP contribution in [0.4, 0.5) is 0 Å². The summed E-state index contributed by atoms with van der Waals surface area (Å²) in [6.07, 6.45) is 15.4. The number of nitrogens with one attached hydrogen (secondary N) is 1. The van der Waals surface area contributed by atoms with Gasteiger partial charge in [0, 0.05) is 12.4 Å². The molecular formula is C14H27N3. The lowest BCUT2D eigenvalue weighted by atomic mass is 10.1. The van der Waals surface area contributed by atoms with Crippen LogP contribution in [-0.4, -0.2) is 16.1 Å². The molecule has 0 spiro atoms. The van der Waals surface area contributed by atoms with E-state index in [4.69, 9.17) is 0 Å². The van der Waals surface area contributed by atoms with Gasteiger partial charge in [0.25, 0.3) is 0 Å². The van der Waals surface area contributed by atoms with Crippen LogP contribution in [0.3, 0.4) is 0 Å². The van der Waals surface area contributed by atoms with Gasteiger partial charge in [-0.1, -0.05) is 46.0 Å². The van der Waals surface area contributed by atoms with Gasteiger partial charge in [0.1, 0.15) is 0 Å². The third-order valence-corrected chi connectivity index (χ3v) is 3.18. The predicted molar refractivity (Wildman–Crippen MR) is 72.9 cm³/mol. The second kappa shape index (κ2) is 9.23. The quantitative estimate of drug-likeness (QED) is 0.628. The number of hydrogen-bond donors (Lipinski definition) is 1. The smallest absolute Gasteiger partial charge is 0.0959 e. The van der Waals surface area contributed by atoms with E-state index in [1.54, 1.807) is 0 Å². The summed E-state index contributed by atoms with van der Waals surface area (Å²) in [5.41, 5.74) is 0. The van der Waals surface area contributed by atoms with E-state index >= 15 is 0 Å². The average Bonchev–Trinajstić information content (AvgIpc) is 2.86. The Hall–Kier alpha value is -0.830. The SMILES string of the molecule is CCCCCCCCNC(CC)n1ccnc1. The summed E-state index contributed by atoms with van der Waals surface area (Å²) >= 11 is 0. The molecule has 0 aliphatic heterocycles. The van der Waals surface area contributed by atoms with Gasteiger partial charge >= 0.3 is 0 Å². The van der Waals surface area contributed by atoms with Crippen LogP contribution in [-0.2, 0) is 0 Å². The molecule has 1 aromatic heterocycles. The van der Waals surface area contributed by atoms with E-state index in [9.17, 15) is 0 Å². The molecule has 1 unspecified atom stereocenters. The molecule has 1 atom stereocenters. The highest BCUT2D eigenvalue weighted by Crippen LogP contribution is 2.08. The van der Waals surface area contributed by atoms with Crippen LogP contribution in [0.25, 0.3) is 0 Å². The highest BCUT2D eigenvalue weighted by atomic mass is 15.2. The number of nitrogens with zero attached hydrogens (tertiary/aromatic N) is 2. The molecule has 0 bridgehead atoms. The molecule has 3 heteroatoms. The van der Waals surface area contributed by atoms with Crippen LogP contribution < -0.4 is 5.32 Å². The Morgan fingerprint density at radius 3 is 2.53 bits per heavy atom. The van der Waals surface area contributed by atoms with Crippen molar-refractivity contribution in [2.75, 3.05) is 6.54 Å². The monoisotopic (exact) mass is 237 g/mol. The second-order valence-corrected chi connectivity index (χ2v) is 4.66. The summed E-state index contributed by atoms with van der Waals surface area (Å²) < 4.78 is 2.15. The van der Waals surface area contributed by atoms with Gasteiger partial charge in [0.15, 0.2) is 0 Å². The topological polar surface area (TPSA) is 29.9 Å². The van der Waals surface area contributed by atoms with Crippen molar-refractivity contribution in [1.82, 2.24) is 14.9 Å². The number of hydrogen-bond acceptors (Lipinski definition) is 2. The van der Waals surface area contributed by atoms with Gasteiger partial charge in [-0.15, -0.1) is 0 Å². The molecular weight excluding hydrogens is 210 g/mol. The van der Waals surface area contributed by atoms with Crippen molar-refractivity contribution in [1.29, 1.82) is 0 Å². The first kappa shape index (κ1) is 14.2. The first-order valence-electron chi connectivity index (χ1n) is 7.09. The molecule has 98 valence electrons. The van der Waals surface area contributed by atoms with Gasteiger partial charge in [0.2, 0.25) is 0 Å². The van der Waals surface area contributed by atoms with Crippen LogP contribution in [0, 0.1) is 0 Å². The Labute approximate surface area is 106 Å². The minimum Gasteiger partial charge on any atom is -0.321 e. The molecule has 0 saturated heterocycles. The molecule has 0 aliphatic carbocycles. The molecule has 0 saturated carbocycles. The maximum absolute atomic E-state index is 4.09. The Morgan fingerprint density at radius 1 is 1.12 bits per heavy atom. The van der Waals surface area contributed by atoms with E-state index in [1.807, 2.05) is 18.7 Å². The van der Waals surface area contributed by atoms with Crippen molar-refractivity contribution in [2.24, 2.45) is 0 Å². The molecule has 17 heavy (non-hydrogen) atoms. The first-order chi connectivity index (χ1) is 8.38. The summed E-state index contributed by atoms with van der Waals surface area (Å²) in [6.45, 7) is 5.58. The molecule has 0 amide bonds. The zero-order chi connectivity index (χ0) is 12.3. The van der Waals surface area contributed by atoms with Crippen LogP contribution in [0.5, 0.6) is 0 Å². The van der Waals surface area contributed by atoms with Gasteiger partial charge in [-0.2, -0.15) is 0 Å². The van der Waals surface area contributed by atoms with Gasteiger partial charge < -0.3 is 4.57 Å². The minimum absolute atomic E-state index is 0.410. The van der Waals surface area contributed by atoms with E-state index < -0.39 is 0 Å². The van der Waals surface area contributed by atoms with Gasteiger partial charge in [-0.05, 0) is 19.4 Å². The highest BCUT2D eigenvalue weighted by molar-refractivity contribution is 4.78. The summed E-state index contributed by atoms with van der Waals surface area (Å²) in [5, 5.41) is 3.59.